The third kappa shape index (κ3) is 3.70. The molecule has 0 heterocycles. The number of carboxylic acids is 1. The van der Waals surface area contributed by atoms with Crippen molar-refractivity contribution in [1.29, 1.82) is 0 Å². The minimum Gasteiger partial charge on any atom is -0.481 e. The molecule has 3 nitrogen and oxygen atoms in total. The number of aliphatic hydroxyl groups is 1. The number of aliphatic carboxylic acids is 1. The Morgan fingerprint density at radius 2 is 1.82 bits per heavy atom. The summed E-state index contributed by atoms with van der Waals surface area (Å²) in [5, 5.41) is 19.4. The molecule has 0 aromatic rings. The van der Waals surface area contributed by atoms with Crippen molar-refractivity contribution in [3.05, 3.63) is 0 Å². The smallest absolute Gasteiger partial charge is 0.309 e. The number of carbonyl (C=O) groups is 1. The van der Waals surface area contributed by atoms with Crippen LogP contribution < -0.4 is 0 Å². The highest BCUT2D eigenvalue weighted by atomic mass is 16.4. The van der Waals surface area contributed by atoms with Gasteiger partial charge in [0.05, 0.1) is 11.0 Å². The fourth-order valence-electron chi connectivity index (χ4n) is 3.15. The molecule has 1 aliphatic rings. The number of rotatable bonds is 4. The predicted octanol–water partition coefficient (Wildman–Crippen LogP) is 3.06. The van der Waals surface area contributed by atoms with Crippen LogP contribution in [0.3, 0.4) is 0 Å². The molecule has 2 N–H and O–H groups in total. The number of carboxylic acid groups (broad SMARTS) is 1. The van der Waals surface area contributed by atoms with Crippen molar-refractivity contribution in [2.75, 3.05) is 0 Å². The quantitative estimate of drug-likeness (QED) is 0.796. The zero-order valence-electron chi connectivity index (χ0n) is 11.5. The molecule has 1 saturated carbocycles. The van der Waals surface area contributed by atoms with Crippen molar-refractivity contribution in [2.24, 2.45) is 17.3 Å². The molecule has 17 heavy (non-hydrogen) atoms. The summed E-state index contributed by atoms with van der Waals surface area (Å²) in [5.74, 6) is 0.537. The molecule has 0 aliphatic heterocycles. The second-order valence-electron chi connectivity index (χ2n) is 6.66. The fourth-order valence-corrected chi connectivity index (χ4v) is 3.15. The molecule has 1 fully saturated rings. The van der Waals surface area contributed by atoms with Gasteiger partial charge in [0.15, 0.2) is 0 Å². The lowest BCUT2D eigenvalue weighted by atomic mass is 9.64. The van der Waals surface area contributed by atoms with Crippen LogP contribution in [0, 0.1) is 17.3 Å². The van der Waals surface area contributed by atoms with Crippen molar-refractivity contribution >= 4 is 5.97 Å². The summed E-state index contributed by atoms with van der Waals surface area (Å²) in [6, 6.07) is 0. The number of hydrogen-bond acceptors (Lipinski definition) is 2. The lowest BCUT2D eigenvalue weighted by Gasteiger charge is -2.41. The normalized spacial score (nSPS) is 30.6. The summed E-state index contributed by atoms with van der Waals surface area (Å²) in [6.07, 6.45) is 3.71. The SMILES string of the molecule is CC(C)C1CCC(CC(C)(C)O)(C(=O)O)CC1. The molecular formula is C14H26O3. The van der Waals surface area contributed by atoms with E-state index < -0.39 is 17.0 Å². The molecule has 1 aliphatic carbocycles. The molecule has 0 aromatic heterocycles. The maximum absolute atomic E-state index is 11.5. The summed E-state index contributed by atoms with van der Waals surface area (Å²) in [6.45, 7) is 7.81. The summed E-state index contributed by atoms with van der Waals surface area (Å²) >= 11 is 0. The highest BCUT2D eigenvalue weighted by Crippen LogP contribution is 2.46. The Labute approximate surface area is 104 Å². The first-order chi connectivity index (χ1) is 7.66. The van der Waals surface area contributed by atoms with Crippen LogP contribution in [0.2, 0.25) is 0 Å². The zero-order chi connectivity index (χ0) is 13.3. The van der Waals surface area contributed by atoms with E-state index in [0.29, 0.717) is 31.1 Å². The van der Waals surface area contributed by atoms with E-state index in [1.54, 1.807) is 13.8 Å². The van der Waals surface area contributed by atoms with E-state index in [1.165, 1.54) is 0 Å². The van der Waals surface area contributed by atoms with Gasteiger partial charge in [-0.3, -0.25) is 4.79 Å². The minimum atomic E-state index is -0.900. The van der Waals surface area contributed by atoms with Crippen LogP contribution in [-0.4, -0.2) is 21.8 Å². The highest BCUT2D eigenvalue weighted by Gasteiger charge is 2.45. The van der Waals surface area contributed by atoms with Gasteiger partial charge in [-0.1, -0.05) is 13.8 Å². The Morgan fingerprint density at radius 3 is 2.12 bits per heavy atom. The average Bonchev–Trinajstić information content (AvgIpc) is 2.15. The molecule has 0 saturated heterocycles. The molecule has 0 unspecified atom stereocenters. The second kappa shape index (κ2) is 4.97. The second-order valence-corrected chi connectivity index (χ2v) is 6.66. The summed E-state index contributed by atoms with van der Waals surface area (Å²) in [4.78, 5) is 11.5. The van der Waals surface area contributed by atoms with Gasteiger partial charge < -0.3 is 10.2 Å². The molecule has 0 bridgehead atoms. The molecule has 0 aromatic carbocycles. The van der Waals surface area contributed by atoms with Crippen molar-refractivity contribution < 1.29 is 15.0 Å². The van der Waals surface area contributed by atoms with Crippen LogP contribution in [0.4, 0.5) is 0 Å². The molecule has 0 spiro atoms. The van der Waals surface area contributed by atoms with Crippen LogP contribution in [-0.2, 0) is 4.79 Å². The Bertz CT molecular complexity index is 268. The number of hydrogen-bond donors (Lipinski definition) is 2. The molecule has 0 radical (unpaired) electrons. The van der Waals surface area contributed by atoms with Crippen molar-refractivity contribution in [3.63, 3.8) is 0 Å². The minimum absolute atomic E-state index is 0.361. The maximum atomic E-state index is 11.5. The van der Waals surface area contributed by atoms with E-state index in [-0.39, 0.29) is 0 Å². The van der Waals surface area contributed by atoms with Gasteiger partial charge in [-0.05, 0) is 57.8 Å². The van der Waals surface area contributed by atoms with Gasteiger partial charge in [-0.25, -0.2) is 0 Å². The van der Waals surface area contributed by atoms with E-state index in [9.17, 15) is 15.0 Å². The Balaban J connectivity index is 2.74. The van der Waals surface area contributed by atoms with Crippen LogP contribution in [0.5, 0.6) is 0 Å². The summed E-state index contributed by atoms with van der Waals surface area (Å²) in [7, 11) is 0. The van der Waals surface area contributed by atoms with E-state index in [2.05, 4.69) is 13.8 Å². The monoisotopic (exact) mass is 242 g/mol. The lowest BCUT2D eigenvalue weighted by molar-refractivity contribution is -0.156. The van der Waals surface area contributed by atoms with E-state index in [1.807, 2.05) is 0 Å². The van der Waals surface area contributed by atoms with Gasteiger partial charge in [0.1, 0.15) is 0 Å². The molecule has 100 valence electrons. The van der Waals surface area contributed by atoms with Crippen LogP contribution in [0.15, 0.2) is 0 Å². The van der Waals surface area contributed by atoms with Gasteiger partial charge in [0.25, 0.3) is 0 Å². The first-order valence-corrected chi connectivity index (χ1v) is 6.62. The molecule has 1 rings (SSSR count). The summed E-state index contributed by atoms with van der Waals surface area (Å²) in [5.41, 5.74) is -1.60. The fraction of sp³-hybridized carbons (Fsp3) is 0.929. The van der Waals surface area contributed by atoms with Crippen molar-refractivity contribution in [3.8, 4) is 0 Å². The maximum Gasteiger partial charge on any atom is 0.309 e. The van der Waals surface area contributed by atoms with E-state index in [4.69, 9.17) is 0 Å². The van der Waals surface area contributed by atoms with Gasteiger partial charge in [-0.15, -0.1) is 0 Å². The third-order valence-corrected chi connectivity index (χ3v) is 4.15. The molecule has 3 heteroatoms. The third-order valence-electron chi connectivity index (χ3n) is 4.15. The van der Waals surface area contributed by atoms with Gasteiger partial charge >= 0.3 is 5.97 Å². The van der Waals surface area contributed by atoms with E-state index >= 15 is 0 Å². The van der Waals surface area contributed by atoms with Gasteiger partial charge in [0, 0.05) is 0 Å². The first-order valence-electron chi connectivity index (χ1n) is 6.62. The van der Waals surface area contributed by atoms with Crippen LogP contribution in [0.1, 0.15) is 59.8 Å². The van der Waals surface area contributed by atoms with Crippen molar-refractivity contribution in [2.45, 2.75) is 65.4 Å². The standard InChI is InChI=1S/C14H26O3/c1-10(2)11-5-7-14(8-6-11,12(15)16)9-13(3,4)17/h10-11,17H,5-9H2,1-4H3,(H,15,16). The van der Waals surface area contributed by atoms with Crippen LogP contribution >= 0.6 is 0 Å². The molecular weight excluding hydrogens is 216 g/mol. The average molecular weight is 242 g/mol. The lowest BCUT2D eigenvalue weighted by Crippen LogP contribution is -2.42. The Hall–Kier alpha value is -0.570. The Kier molecular flexibility index (Phi) is 4.23. The summed E-state index contributed by atoms with van der Waals surface area (Å²) < 4.78 is 0. The topological polar surface area (TPSA) is 57.5 Å². The molecule has 0 atom stereocenters. The van der Waals surface area contributed by atoms with Gasteiger partial charge in [-0.2, -0.15) is 0 Å². The van der Waals surface area contributed by atoms with E-state index in [0.717, 1.165) is 12.8 Å². The highest BCUT2D eigenvalue weighted by molar-refractivity contribution is 5.74. The van der Waals surface area contributed by atoms with Gasteiger partial charge in [0.2, 0.25) is 0 Å². The largest absolute Gasteiger partial charge is 0.481 e. The van der Waals surface area contributed by atoms with Crippen molar-refractivity contribution in [1.82, 2.24) is 0 Å². The Morgan fingerprint density at radius 1 is 1.35 bits per heavy atom. The predicted molar refractivity (Wildman–Crippen MR) is 67.8 cm³/mol. The molecule has 0 amide bonds. The zero-order valence-corrected chi connectivity index (χ0v) is 11.5. The van der Waals surface area contributed by atoms with Crippen LogP contribution in [0.25, 0.3) is 0 Å². The first kappa shape index (κ1) is 14.5.